The van der Waals surface area contributed by atoms with E-state index in [-0.39, 0.29) is 17.7 Å². The molecule has 0 aliphatic rings. The maximum Gasteiger partial charge on any atom is 0.339 e. The Balaban J connectivity index is 1.86. The van der Waals surface area contributed by atoms with Crippen LogP contribution in [0.5, 0.6) is 0 Å². The van der Waals surface area contributed by atoms with Gasteiger partial charge in [0.2, 0.25) is 0 Å². The minimum absolute atomic E-state index is 0.168. The maximum atomic E-state index is 12.5. The van der Waals surface area contributed by atoms with Crippen LogP contribution in [0.1, 0.15) is 77.3 Å². The fraction of sp³-hybridized carbons (Fsp3) is 0.417. The van der Waals surface area contributed by atoms with Crippen molar-refractivity contribution < 1.29 is 19.1 Å². The molecule has 0 atom stereocenters. The smallest absolute Gasteiger partial charge is 0.339 e. The van der Waals surface area contributed by atoms with Gasteiger partial charge < -0.3 is 9.47 Å². The SMILES string of the molecule is CCCCCCCCOC(=O)c1ccccc1C(=O)OCc1cccc(C)c1. The van der Waals surface area contributed by atoms with Crippen molar-refractivity contribution >= 4 is 11.9 Å². The number of unbranched alkanes of at least 4 members (excludes halogenated alkanes) is 5. The van der Waals surface area contributed by atoms with Crippen molar-refractivity contribution in [1.82, 2.24) is 0 Å². The van der Waals surface area contributed by atoms with Gasteiger partial charge >= 0.3 is 11.9 Å². The largest absolute Gasteiger partial charge is 0.462 e. The maximum absolute atomic E-state index is 12.5. The van der Waals surface area contributed by atoms with E-state index in [2.05, 4.69) is 6.92 Å². The molecule has 4 heteroatoms. The molecule has 0 unspecified atom stereocenters. The lowest BCUT2D eigenvalue weighted by molar-refractivity contribution is 0.0436. The van der Waals surface area contributed by atoms with Gasteiger partial charge in [0.1, 0.15) is 6.61 Å². The van der Waals surface area contributed by atoms with E-state index < -0.39 is 11.9 Å². The third kappa shape index (κ3) is 7.18. The molecule has 0 radical (unpaired) electrons. The minimum atomic E-state index is -0.520. The molecule has 2 rings (SSSR count). The van der Waals surface area contributed by atoms with E-state index in [1.54, 1.807) is 24.3 Å². The van der Waals surface area contributed by atoms with E-state index >= 15 is 0 Å². The number of ether oxygens (including phenoxy) is 2. The summed E-state index contributed by atoms with van der Waals surface area (Å²) in [4.78, 5) is 24.9. The van der Waals surface area contributed by atoms with Crippen LogP contribution in [0.15, 0.2) is 48.5 Å². The van der Waals surface area contributed by atoms with Crippen molar-refractivity contribution in [2.75, 3.05) is 6.61 Å². The minimum Gasteiger partial charge on any atom is -0.462 e. The summed E-state index contributed by atoms with van der Waals surface area (Å²) in [6, 6.07) is 14.4. The second-order valence-electron chi connectivity index (χ2n) is 7.01. The van der Waals surface area contributed by atoms with Gasteiger partial charge in [0.15, 0.2) is 0 Å². The summed E-state index contributed by atoms with van der Waals surface area (Å²) >= 11 is 0. The van der Waals surface area contributed by atoms with Crippen LogP contribution in [0.25, 0.3) is 0 Å². The lowest BCUT2D eigenvalue weighted by Crippen LogP contribution is -2.14. The highest BCUT2D eigenvalue weighted by molar-refractivity contribution is 6.03. The molecule has 2 aromatic carbocycles. The molecular formula is C24H30O4. The Labute approximate surface area is 167 Å². The van der Waals surface area contributed by atoms with Crippen molar-refractivity contribution in [2.24, 2.45) is 0 Å². The molecular weight excluding hydrogens is 352 g/mol. The third-order valence-corrected chi connectivity index (χ3v) is 4.55. The van der Waals surface area contributed by atoms with Crippen LogP contribution in [0.2, 0.25) is 0 Å². The van der Waals surface area contributed by atoms with Crippen LogP contribution in [0.4, 0.5) is 0 Å². The molecule has 2 aromatic rings. The summed E-state index contributed by atoms with van der Waals surface area (Å²) < 4.78 is 10.8. The van der Waals surface area contributed by atoms with E-state index in [1.165, 1.54) is 19.3 Å². The van der Waals surface area contributed by atoms with Crippen molar-refractivity contribution in [3.63, 3.8) is 0 Å². The molecule has 28 heavy (non-hydrogen) atoms. The summed E-state index contributed by atoms with van der Waals surface area (Å²) in [5.74, 6) is -0.995. The summed E-state index contributed by atoms with van der Waals surface area (Å²) in [5.41, 5.74) is 2.51. The van der Waals surface area contributed by atoms with Gasteiger partial charge in [-0.2, -0.15) is 0 Å². The monoisotopic (exact) mass is 382 g/mol. The molecule has 0 saturated heterocycles. The quantitative estimate of drug-likeness (QED) is 0.360. The standard InChI is InChI=1S/C24H30O4/c1-3-4-5-6-7-10-16-27-23(25)21-14-8-9-15-22(21)24(26)28-18-20-13-11-12-19(2)17-20/h8-9,11-15,17H,3-7,10,16,18H2,1-2H3. The van der Waals surface area contributed by atoms with Gasteiger partial charge in [-0.05, 0) is 31.0 Å². The predicted molar refractivity (Wildman–Crippen MR) is 110 cm³/mol. The van der Waals surface area contributed by atoms with E-state index in [0.29, 0.717) is 6.61 Å². The number of rotatable bonds is 11. The van der Waals surface area contributed by atoms with Crippen LogP contribution >= 0.6 is 0 Å². The second kappa shape index (κ2) is 12.0. The first-order chi connectivity index (χ1) is 13.6. The molecule has 0 N–H and O–H groups in total. The van der Waals surface area contributed by atoms with E-state index in [4.69, 9.17) is 9.47 Å². The Morgan fingerprint density at radius 1 is 0.786 bits per heavy atom. The van der Waals surface area contributed by atoms with Crippen LogP contribution in [0.3, 0.4) is 0 Å². The third-order valence-electron chi connectivity index (χ3n) is 4.55. The second-order valence-corrected chi connectivity index (χ2v) is 7.01. The van der Waals surface area contributed by atoms with Gasteiger partial charge in [-0.1, -0.05) is 81.0 Å². The van der Waals surface area contributed by atoms with Crippen molar-refractivity contribution in [1.29, 1.82) is 0 Å². The first kappa shape index (κ1) is 21.7. The number of aryl methyl sites for hydroxylation is 1. The van der Waals surface area contributed by atoms with Gasteiger partial charge in [0, 0.05) is 0 Å². The van der Waals surface area contributed by atoms with Crippen LogP contribution in [-0.2, 0) is 16.1 Å². The number of hydrogen-bond donors (Lipinski definition) is 0. The number of carbonyl (C=O) groups is 2. The molecule has 0 fully saturated rings. The Morgan fingerprint density at radius 2 is 1.43 bits per heavy atom. The fourth-order valence-electron chi connectivity index (χ4n) is 2.99. The van der Waals surface area contributed by atoms with Crippen molar-refractivity contribution in [3.05, 3.63) is 70.8 Å². The average Bonchev–Trinajstić information content (AvgIpc) is 2.71. The molecule has 0 bridgehead atoms. The zero-order chi connectivity index (χ0) is 20.2. The van der Waals surface area contributed by atoms with Crippen molar-refractivity contribution in [3.8, 4) is 0 Å². The Kier molecular flexibility index (Phi) is 9.26. The summed E-state index contributed by atoms with van der Waals surface area (Å²) in [5, 5.41) is 0. The highest BCUT2D eigenvalue weighted by Crippen LogP contribution is 2.14. The molecule has 0 aromatic heterocycles. The van der Waals surface area contributed by atoms with Crippen LogP contribution in [-0.4, -0.2) is 18.5 Å². The van der Waals surface area contributed by atoms with E-state index in [1.807, 2.05) is 31.2 Å². The normalized spacial score (nSPS) is 10.5. The van der Waals surface area contributed by atoms with E-state index in [9.17, 15) is 9.59 Å². The number of hydrogen-bond acceptors (Lipinski definition) is 4. The predicted octanol–water partition coefficient (Wildman–Crippen LogP) is 5.87. The van der Waals surface area contributed by atoms with Crippen molar-refractivity contribution in [2.45, 2.75) is 59.0 Å². The summed E-state index contributed by atoms with van der Waals surface area (Å²) in [6.07, 6.45) is 6.74. The first-order valence-electron chi connectivity index (χ1n) is 10.1. The molecule has 0 spiro atoms. The molecule has 0 aliphatic heterocycles. The molecule has 150 valence electrons. The Hall–Kier alpha value is -2.62. The number of benzene rings is 2. The van der Waals surface area contributed by atoms with Gasteiger partial charge in [0.05, 0.1) is 17.7 Å². The van der Waals surface area contributed by atoms with E-state index in [0.717, 1.165) is 30.4 Å². The zero-order valence-electron chi connectivity index (χ0n) is 16.9. The van der Waals surface area contributed by atoms with Crippen LogP contribution < -0.4 is 0 Å². The fourth-order valence-corrected chi connectivity index (χ4v) is 2.99. The lowest BCUT2D eigenvalue weighted by atomic mass is 10.1. The van der Waals surface area contributed by atoms with Gasteiger partial charge in [0.25, 0.3) is 0 Å². The lowest BCUT2D eigenvalue weighted by Gasteiger charge is -2.10. The molecule has 0 amide bonds. The average molecular weight is 383 g/mol. The molecule has 0 aliphatic carbocycles. The molecule has 0 heterocycles. The van der Waals surface area contributed by atoms with Gasteiger partial charge in [-0.25, -0.2) is 9.59 Å². The first-order valence-corrected chi connectivity index (χ1v) is 10.1. The Morgan fingerprint density at radius 3 is 2.11 bits per heavy atom. The van der Waals surface area contributed by atoms with Gasteiger partial charge in [-0.3, -0.25) is 0 Å². The van der Waals surface area contributed by atoms with Crippen LogP contribution in [0, 0.1) is 6.92 Å². The highest BCUT2D eigenvalue weighted by atomic mass is 16.5. The molecule has 4 nitrogen and oxygen atoms in total. The highest BCUT2D eigenvalue weighted by Gasteiger charge is 2.19. The molecule has 0 saturated carbocycles. The van der Waals surface area contributed by atoms with Gasteiger partial charge in [-0.15, -0.1) is 0 Å². The Bertz CT molecular complexity index is 767. The zero-order valence-corrected chi connectivity index (χ0v) is 16.9. The topological polar surface area (TPSA) is 52.6 Å². The number of carbonyl (C=O) groups excluding carboxylic acids is 2. The number of esters is 2. The summed E-state index contributed by atoms with van der Waals surface area (Å²) in [6.45, 7) is 4.71. The summed E-state index contributed by atoms with van der Waals surface area (Å²) in [7, 11) is 0.